The van der Waals surface area contributed by atoms with Gasteiger partial charge >= 0.3 is 0 Å². The van der Waals surface area contributed by atoms with Crippen LogP contribution in [0.1, 0.15) is 72.1 Å². The quantitative estimate of drug-likeness (QED) is 0.581. The van der Waals surface area contributed by atoms with Crippen molar-refractivity contribution in [1.29, 1.82) is 0 Å². The third kappa shape index (κ3) is 8.88. The van der Waals surface area contributed by atoms with Crippen LogP contribution in [0.2, 0.25) is 0 Å². The highest BCUT2D eigenvalue weighted by molar-refractivity contribution is 4.75. The van der Waals surface area contributed by atoms with Gasteiger partial charge in [-0.1, -0.05) is 51.9 Å². The fourth-order valence-corrected chi connectivity index (χ4v) is 1.65. The van der Waals surface area contributed by atoms with Crippen LogP contribution in [0.25, 0.3) is 0 Å². The normalized spacial score (nSPS) is 14.2. The first-order valence-electron chi connectivity index (χ1n) is 6.39. The van der Waals surface area contributed by atoms with Crippen molar-refractivity contribution < 1.29 is 10.2 Å². The summed E-state index contributed by atoms with van der Waals surface area (Å²) in [7, 11) is 0. The van der Waals surface area contributed by atoms with Crippen LogP contribution in [0.5, 0.6) is 0 Å². The molecular formula is C13H28O2. The van der Waals surface area contributed by atoms with Crippen molar-refractivity contribution in [2.75, 3.05) is 0 Å². The zero-order valence-corrected chi connectivity index (χ0v) is 10.6. The Hall–Kier alpha value is -0.0800. The lowest BCUT2D eigenvalue weighted by atomic mass is 9.96. The topological polar surface area (TPSA) is 40.5 Å². The number of unbranched alkanes of at least 4 members (excludes halogenated alkanes) is 6. The van der Waals surface area contributed by atoms with Crippen LogP contribution >= 0.6 is 0 Å². The number of aliphatic hydroxyl groups is 2. The van der Waals surface area contributed by atoms with Crippen molar-refractivity contribution >= 4 is 0 Å². The number of rotatable bonds is 9. The molecule has 0 aromatic rings. The fraction of sp³-hybridized carbons (Fsp3) is 1.00. The first-order chi connectivity index (χ1) is 6.98. The molecule has 1 atom stereocenters. The van der Waals surface area contributed by atoms with Crippen molar-refractivity contribution in [2.24, 2.45) is 0 Å². The molecule has 2 N–H and O–H groups in total. The van der Waals surface area contributed by atoms with Crippen LogP contribution in [0.15, 0.2) is 0 Å². The van der Waals surface area contributed by atoms with E-state index in [-0.39, 0.29) is 0 Å². The van der Waals surface area contributed by atoms with Gasteiger partial charge in [0.05, 0.1) is 11.7 Å². The summed E-state index contributed by atoms with van der Waals surface area (Å²) < 4.78 is 0. The van der Waals surface area contributed by atoms with Gasteiger partial charge in [-0.25, -0.2) is 0 Å². The zero-order valence-electron chi connectivity index (χ0n) is 10.6. The van der Waals surface area contributed by atoms with Crippen LogP contribution < -0.4 is 0 Å². The molecule has 0 aliphatic carbocycles. The molecule has 0 aromatic heterocycles. The Morgan fingerprint density at radius 3 is 1.87 bits per heavy atom. The van der Waals surface area contributed by atoms with Gasteiger partial charge in [-0.05, 0) is 20.3 Å². The Morgan fingerprint density at radius 2 is 1.40 bits per heavy atom. The standard InChI is InChI=1S/C13H28O2/c1-4-5-6-7-8-9-10-11-12(14)13(2,3)15/h12,14-15H,4-11H2,1-3H3. The van der Waals surface area contributed by atoms with Gasteiger partial charge in [-0.15, -0.1) is 0 Å². The number of aliphatic hydroxyl groups excluding tert-OH is 1. The predicted octanol–water partition coefficient (Wildman–Crippen LogP) is 3.26. The van der Waals surface area contributed by atoms with Crippen LogP contribution in [0.4, 0.5) is 0 Å². The van der Waals surface area contributed by atoms with Gasteiger partial charge in [0.15, 0.2) is 0 Å². The minimum atomic E-state index is -0.942. The minimum Gasteiger partial charge on any atom is -0.390 e. The molecule has 2 nitrogen and oxygen atoms in total. The monoisotopic (exact) mass is 216 g/mol. The first kappa shape index (κ1) is 14.9. The summed E-state index contributed by atoms with van der Waals surface area (Å²) in [5, 5.41) is 19.1. The molecule has 1 unspecified atom stereocenters. The van der Waals surface area contributed by atoms with Crippen LogP contribution in [-0.4, -0.2) is 21.9 Å². The van der Waals surface area contributed by atoms with Gasteiger partial charge in [0, 0.05) is 0 Å². The van der Waals surface area contributed by atoms with E-state index in [1.54, 1.807) is 13.8 Å². The summed E-state index contributed by atoms with van der Waals surface area (Å²) in [6, 6.07) is 0. The van der Waals surface area contributed by atoms with Gasteiger partial charge in [0.2, 0.25) is 0 Å². The van der Waals surface area contributed by atoms with E-state index in [4.69, 9.17) is 0 Å². The van der Waals surface area contributed by atoms with E-state index in [1.807, 2.05) is 0 Å². The van der Waals surface area contributed by atoms with Gasteiger partial charge in [0.1, 0.15) is 0 Å². The Morgan fingerprint density at radius 1 is 0.933 bits per heavy atom. The molecule has 0 aromatic carbocycles. The molecule has 2 heteroatoms. The second-order valence-corrected chi connectivity index (χ2v) is 5.08. The molecule has 0 aliphatic rings. The van der Waals surface area contributed by atoms with E-state index >= 15 is 0 Å². The minimum absolute atomic E-state index is 0.576. The fourth-order valence-electron chi connectivity index (χ4n) is 1.65. The highest BCUT2D eigenvalue weighted by Gasteiger charge is 2.23. The average molecular weight is 216 g/mol. The van der Waals surface area contributed by atoms with E-state index < -0.39 is 11.7 Å². The SMILES string of the molecule is CCCCCCCCCC(O)C(C)(C)O. The molecule has 92 valence electrons. The maximum atomic E-state index is 9.58. The Bertz CT molecular complexity index is 138. The summed E-state index contributed by atoms with van der Waals surface area (Å²) in [5.41, 5.74) is -0.942. The second kappa shape index (κ2) is 8.12. The Kier molecular flexibility index (Phi) is 8.07. The summed E-state index contributed by atoms with van der Waals surface area (Å²) in [5.74, 6) is 0. The predicted molar refractivity (Wildman–Crippen MR) is 64.9 cm³/mol. The lowest BCUT2D eigenvalue weighted by Crippen LogP contribution is -2.35. The Balaban J connectivity index is 3.24. The zero-order chi connectivity index (χ0) is 11.7. The molecule has 0 rings (SSSR count). The van der Waals surface area contributed by atoms with Gasteiger partial charge in [-0.3, -0.25) is 0 Å². The summed E-state index contributed by atoms with van der Waals surface area (Å²) >= 11 is 0. The van der Waals surface area contributed by atoms with Crippen molar-refractivity contribution in [2.45, 2.75) is 83.8 Å². The number of hydrogen-bond donors (Lipinski definition) is 2. The maximum Gasteiger partial charge on any atom is 0.0849 e. The van der Waals surface area contributed by atoms with Crippen LogP contribution in [0.3, 0.4) is 0 Å². The smallest absolute Gasteiger partial charge is 0.0849 e. The van der Waals surface area contributed by atoms with Crippen molar-refractivity contribution in [1.82, 2.24) is 0 Å². The molecule has 0 aliphatic heterocycles. The summed E-state index contributed by atoms with van der Waals surface area (Å²) in [4.78, 5) is 0. The summed E-state index contributed by atoms with van der Waals surface area (Å²) in [6.07, 6.45) is 8.89. The highest BCUT2D eigenvalue weighted by atomic mass is 16.3. The summed E-state index contributed by atoms with van der Waals surface area (Å²) in [6.45, 7) is 5.55. The molecule has 0 heterocycles. The third-order valence-electron chi connectivity index (χ3n) is 2.90. The maximum absolute atomic E-state index is 9.58. The highest BCUT2D eigenvalue weighted by Crippen LogP contribution is 2.16. The van der Waals surface area contributed by atoms with E-state index in [0.717, 1.165) is 12.8 Å². The van der Waals surface area contributed by atoms with Crippen LogP contribution in [-0.2, 0) is 0 Å². The molecule has 0 spiro atoms. The molecule has 0 amide bonds. The molecule has 0 fully saturated rings. The molecule has 0 saturated carbocycles. The molecule has 0 bridgehead atoms. The lowest BCUT2D eigenvalue weighted by Gasteiger charge is -2.24. The van der Waals surface area contributed by atoms with E-state index in [2.05, 4.69) is 6.92 Å². The molecule has 0 radical (unpaired) electrons. The second-order valence-electron chi connectivity index (χ2n) is 5.08. The van der Waals surface area contributed by atoms with Gasteiger partial charge < -0.3 is 10.2 Å². The van der Waals surface area contributed by atoms with E-state index in [1.165, 1.54) is 38.5 Å². The Labute approximate surface area is 94.7 Å². The number of hydrogen-bond acceptors (Lipinski definition) is 2. The van der Waals surface area contributed by atoms with E-state index in [9.17, 15) is 10.2 Å². The van der Waals surface area contributed by atoms with Crippen LogP contribution in [0, 0.1) is 0 Å². The van der Waals surface area contributed by atoms with Crippen molar-refractivity contribution in [3.05, 3.63) is 0 Å². The largest absolute Gasteiger partial charge is 0.390 e. The average Bonchev–Trinajstić information content (AvgIpc) is 2.14. The van der Waals surface area contributed by atoms with Gasteiger partial charge in [-0.2, -0.15) is 0 Å². The van der Waals surface area contributed by atoms with E-state index in [0.29, 0.717) is 0 Å². The van der Waals surface area contributed by atoms with Crippen molar-refractivity contribution in [3.8, 4) is 0 Å². The first-order valence-corrected chi connectivity index (χ1v) is 6.39. The van der Waals surface area contributed by atoms with Crippen molar-refractivity contribution in [3.63, 3.8) is 0 Å². The molecule has 15 heavy (non-hydrogen) atoms. The lowest BCUT2D eigenvalue weighted by molar-refractivity contribution is -0.0522. The molecule has 0 saturated heterocycles. The third-order valence-corrected chi connectivity index (χ3v) is 2.90. The van der Waals surface area contributed by atoms with Gasteiger partial charge in [0.25, 0.3) is 0 Å². The molecular weight excluding hydrogens is 188 g/mol.